The first-order chi connectivity index (χ1) is 10.1. The minimum Gasteiger partial charge on any atom is -0.479 e. The van der Waals surface area contributed by atoms with Crippen molar-refractivity contribution in [3.63, 3.8) is 0 Å². The van der Waals surface area contributed by atoms with Gasteiger partial charge in [-0.05, 0) is 33.1 Å². The predicted molar refractivity (Wildman–Crippen MR) is 79.8 cm³/mol. The molecule has 0 radical (unpaired) electrons. The van der Waals surface area contributed by atoms with Crippen molar-refractivity contribution in [2.45, 2.75) is 52.0 Å². The molecule has 0 amide bonds. The number of hydrogen-bond acceptors (Lipinski definition) is 5. The third-order valence-electron chi connectivity index (χ3n) is 4.10. The summed E-state index contributed by atoms with van der Waals surface area (Å²) in [5.74, 6) is 0.449. The number of hydrogen-bond donors (Lipinski definition) is 1. The summed E-state index contributed by atoms with van der Waals surface area (Å²) in [6.45, 7) is 7.03. The topological polar surface area (TPSA) is 75.5 Å². The van der Waals surface area contributed by atoms with Crippen LogP contribution in [0.5, 0.6) is 5.88 Å². The first kappa shape index (κ1) is 15.5. The van der Waals surface area contributed by atoms with Gasteiger partial charge in [-0.15, -0.1) is 0 Å². The monoisotopic (exact) mass is 293 g/mol. The maximum absolute atomic E-state index is 11.9. The number of ether oxygens (including phenoxy) is 1. The number of carbonyl (C=O) groups is 1. The van der Waals surface area contributed by atoms with Crippen LogP contribution in [0.2, 0.25) is 0 Å². The van der Waals surface area contributed by atoms with Gasteiger partial charge in [0.1, 0.15) is 17.7 Å². The highest BCUT2D eigenvalue weighted by Gasteiger charge is 2.48. The molecular formula is C15H23N3O3. The van der Waals surface area contributed by atoms with E-state index in [0.29, 0.717) is 37.7 Å². The van der Waals surface area contributed by atoms with Crippen molar-refractivity contribution in [1.82, 2.24) is 9.97 Å². The van der Waals surface area contributed by atoms with Crippen LogP contribution in [-0.2, 0) is 4.79 Å². The molecule has 6 nitrogen and oxygen atoms in total. The van der Waals surface area contributed by atoms with E-state index >= 15 is 0 Å². The molecular weight excluding hydrogens is 270 g/mol. The van der Waals surface area contributed by atoms with Crippen LogP contribution in [0.15, 0.2) is 6.33 Å². The van der Waals surface area contributed by atoms with E-state index in [1.54, 1.807) is 0 Å². The van der Waals surface area contributed by atoms with Gasteiger partial charge in [0, 0.05) is 6.54 Å². The van der Waals surface area contributed by atoms with E-state index in [9.17, 15) is 9.90 Å². The summed E-state index contributed by atoms with van der Waals surface area (Å²) in [6.07, 6.45) is 4.41. The van der Waals surface area contributed by atoms with Crippen LogP contribution in [-0.4, -0.2) is 39.7 Å². The molecule has 116 valence electrons. The minimum absolute atomic E-state index is 0.524. The molecule has 1 atom stereocenters. The van der Waals surface area contributed by atoms with Gasteiger partial charge in [0.05, 0.1) is 12.2 Å². The Morgan fingerprint density at radius 2 is 2.24 bits per heavy atom. The summed E-state index contributed by atoms with van der Waals surface area (Å²) in [5.41, 5.74) is -0.0415. The lowest BCUT2D eigenvalue weighted by atomic mass is 9.90. The van der Waals surface area contributed by atoms with Crippen molar-refractivity contribution in [1.29, 1.82) is 0 Å². The molecule has 1 N–H and O–H groups in total. The van der Waals surface area contributed by atoms with E-state index in [4.69, 9.17) is 4.74 Å². The fourth-order valence-corrected chi connectivity index (χ4v) is 3.17. The van der Waals surface area contributed by atoms with E-state index in [1.807, 2.05) is 25.7 Å². The number of carboxylic acids is 1. The van der Waals surface area contributed by atoms with Crippen LogP contribution in [0.25, 0.3) is 0 Å². The lowest BCUT2D eigenvalue weighted by molar-refractivity contribution is -0.143. The van der Waals surface area contributed by atoms with Crippen molar-refractivity contribution in [3.8, 4) is 5.88 Å². The molecule has 0 aromatic carbocycles. The van der Waals surface area contributed by atoms with Gasteiger partial charge in [-0.25, -0.2) is 14.8 Å². The first-order valence-electron chi connectivity index (χ1n) is 7.52. The zero-order valence-electron chi connectivity index (χ0n) is 12.9. The molecule has 1 aromatic rings. The Morgan fingerprint density at radius 3 is 2.86 bits per heavy atom. The SMILES string of the molecule is CCCC1(C(=O)O)CCCN1c1ncnc(OCC)c1C. The average molecular weight is 293 g/mol. The average Bonchev–Trinajstić information content (AvgIpc) is 2.87. The Bertz CT molecular complexity index is 521. The third kappa shape index (κ3) is 2.66. The van der Waals surface area contributed by atoms with Crippen LogP contribution in [0.3, 0.4) is 0 Å². The van der Waals surface area contributed by atoms with Gasteiger partial charge in [-0.2, -0.15) is 0 Å². The number of aromatic nitrogens is 2. The molecule has 1 saturated heterocycles. The van der Waals surface area contributed by atoms with Gasteiger partial charge in [-0.3, -0.25) is 0 Å². The number of aliphatic carboxylic acids is 1. The zero-order chi connectivity index (χ0) is 15.5. The third-order valence-corrected chi connectivity index (χ3v) is 4.10. The van der Waals surface area contributed by atoms with E-state index in [2.05, 4.69) is 9.97 Å². The highest BCUT2D eigenvalue weighted by atomic mass is 16.5. The normalized spacial score (nSPS) is 21.6. The van der Waals surface area contributed by atoms with Crippen molar-refractivity contribution in [2.24, 2.45) is 0 Å². The van der Waals surface area contributed by atoms with E-state index in [-0.39, 0.29) is 0 Å². The fourth-order valence-electron chi connectivity index (χ4n) is 3.17. The van der Waals surface area contributed by atoms with Crippen LogP contribution >= 0.6 is 0 Å². The Labute approximate surface area is 125 Å². The van der Waals surface area contributed by atoms with E-state index in [0.717, 1.165) is 18.4 Å². The fraction of sp³-hybridized carbons (Fsp3) is 0.667. The molecule has 0 bridgehead atoms. The number of nitrogens with zero attached hydrogens (tertiary/aromatic N) is 3. The molecule has 1 aromatic heterocycles. The van der Waals surface area contributed by atoms with Crippen LogP contribution in [0, 0.1) is 6.92 Å². The standard InChI is InChI=1S/C15H23N3O3/c1-4-7-15(14(19)20)8-6-9-18(15)12-11(3)13(21-5-2)17-10-16-12/h10H,4-9H2,1-3H3,(H,19,20). The molecule has 0 aliphatic carbocycles. The molecule has 2 rings (SSSR count). The van der Waals surface area contributed by atoms with E-state index in [1.165, 1.54) is 6.33 Å². The summed E-state index contributed by atoms with van der Waals surface area (Å²) in [4.78, 5) is 22.3. The Morgan fingerprint density at radius 1 is 1.48 bits per heavy atom. The molecule has 21 heavy (non-hydrogen) atoms. The highest BCUT2D eigenvalue weighted by Crippen LogP contribution is 2.39. The quantitative estimate of drug-likeness (QED) is 0.868. The molecule has 1 aliphatic rings. The molecule has 2 heterocycles. The number of carboxylic acid groups (broad SMARTS) is 1. The summed E-state index contributed by atoms with van der Waals surface area (Å²) < 4.78 is 5.50. The second-order valence-electron chi connectivity index (χ2n) is 5.40. The number of anilines is 1. The summed E-state index contributed by atoms with van der Waals surface area (Å²) in [5, 5.41) is 9.77. The maximum atomic E-state index is 11.9. The summed E-state index contributed by atoms with van der Waals surface area (Å²) >= 11 is 0. The zero-order valence-corrected chi connectivity index (χ0v) is 12.9. The molecule has 6 heteroatoms. The van der Waals surface area contributed by atoms with Crippen molar-refractivity contribution in [2.75, 3.05) is 18.1 Å². The Balaban J connectivity index is 2.44. The van der Waals surface area contributed by atoms with Gasteiger partial charge >= 0.3 is 5.97 Å². The van der Waals surface area contributed by atoms with Gasteiger partial charge in [-0.1, -0.05) is 13.3 Å². The Kier molecular flexibility index (Phi) is 4.65. The molecule has 1 aliphatic heterocycles. The van der Waals surface area contributed by atoms with E-state index < -0.39 is 11.5 Å². The van der Waals surface area contributed by atoms with Gasteiger partial charge < -0.3 is 14.7 Å². The number of rotatable bonds is 6. The van der Waals surface area contributed by atoms with Crippen LogP contribution in [0.4, 0.5) is 5.82 Å². The minimum atomic E-state index is -0.850. The summed E-state index contributed by atoms with van der Waals surface area (Å²) in [6, 6.07) is 0. The highest BCUT2D eigenvalue weighted by molar-refractivity contribution is 5.84. The van der Waals surface area contributed by atoms with Crippen molar-refractivity contribution >= 4 is 11.8 Å². The predicted octanol–water partition coefficient (Wildman–Crippen LogP) is 2.41. The molecule has 1 unspecified atom stereocenters. The summed E-state index contributed by atoms with van der Waals surface area (Å²) in [7, 11) is 0. The lowest BCUT2D eigenvalue weighted by Gasteiger charge is -2.36. The largest absolute Gasteiger partial charge is 0.479 e. The molecule has 0 saturated carbocycles. The van der Waals surface area contributed by atoms with Crippen LogP contribution in [0.1, 0.15) is 45.1 Å². The molecule has 0 spiro atoms. The smallest absolute Gasteiger partial charge is 0.329 e. The van der Waals surface area contributed by atoms with Gasteiger partial charge in [0.2, 0.25) is 5.88 Å². The van der Waals surface area contributed by atoms with Crippen molar-refractivity contribution < 1.29 is 14.6 Å². The van der Waals surface area contributed by atoms with Crippen LogP contribution < -0.4 is 9.64 Å². The first-order valence-corrected chi connectivity index (χ1v) is 7.52. The Hall–Kier alpha value is -1.85. The molecule has 1 fully saturated rings. The second-order valence-corrected chi connectivity index (χ2v) is 5.40. The van der Waals surface area contributed by atoms with Gasteiger partial charge in [0.25, 0.3) is 0 Å². The van der Waals surface area contributed by atoms with Gasteiger partial charge in [0.15, 0.2) is 0 Å². The van der Waals surface area contributed by atoms with Crippen molar-refractivity contribution in [3.05, 3.63) is 11.9 Å². The maximum Gasteiger partial charge on any atom is 0.329 e. The lowest BCUT2D eigenvalue weighted by Crippen LogP contribution is -2.51. The second kappa shape index (κ2) is 6.28.